The summed E-state index contributed by atoms with van der Waals surface area (Å²) in [7, 11) is -3.71. The molecular weight excluding hydrogens is 230 g/mol. The van der Waals surface area contributed by atoms with E-state index in [1.165, 1.54) is 12.1 Å². The maximum atomic E-state index is 11.9. The molecule has 0 bridgehead atoms. The van der Waals surface area contributed by atoms with Crippen LogP contribution in [0, 0.1) is 0 Å². The van der Waals surface area contributed by atoms with Gasteiger partial charge in [-0.1, -0.05) is 12.1 Å². The molecule has 0 saturated heterocycles. The predicted molar refractivity (Wildman–Crippen MR) is 56.3 cm³/mol. The van der Waals surface area contributed by atoms with Gasteiger partial charge in [-0.25, -0.2) is 12.7 Å². The van der Waals surface area contributed by atoms with Gasteiger partial charge in [-0.05, 0) is 19.1 Å². The van der Waals surface area contributed by atoms with E-state index >= 15 is 0 Å². The van der Waals surface area contributed by atoms with E-state index in [4.69, 9.17) is 4.74 Å². The van der Waals surface area contributed by atoms with Crippen LogP contribution in [0.2, 0.25) is 0 Å². The van der Waals surface area contributed by atoms with Crippen LogP contribution in [0.1, 0.15) is 17.3 Å². The number of amides is 1. The minimum Gasteiger partial charge on any atom is -0.360 e. The smallest absolute Gasteiger partial charge is 0.271 e. The average Bonchev–Trinajstić information content (AvgIpc) is 2.46. The number of fused-ring (bicyclic) bond motifs is 1. The van der Waals surface area contributed by atoms with Crippen molar-refractivity contribution >= 4 is 15.9 Å². The average molecular weight is 241 g/mol. The van der Waals surface area contributed by atoms with Crippen LogP contribution in [-0.2, 0) is 14.8 Å². The lowest BCUT2D eigenvalue weighted by atomic mass is 10.2. The van der Waals surface area contributed by atoms with Gasteiger partial charge in [0.05, 0.1) is 5.56 Å². The van der Waals surface area contributed by atoms with Crippen LogP contribution in [-0.4, -0.2) is 32.0 Å². The Morgan fingerprint density at radius 1 is 1.31 bits per heavy atom. The third kappa shape index (κ3) is 1.50. The van der Waals surface area contributed by atoms with Gasteiger partial charge in [-0.3, -0.25) is 4.79 Å². The highest BCUT2D eigenvalue weighted by Crippen LogP contribution is 2.29. The van der Waals surface area contributed by atoms with E-state index in [9.17, 15) is 13.2 Å². The molecule has 0 N–H and O–H groups in total. The zero-order chi connectivity index (χ0) is 11.8. The highest BCUT2D eigenvalue weighted by Gasteiger charge is 2.40. The molecule has 0 spiro atoms. The molecule has 0 fully saturated rings. The number of hydrogen-bond acceptors (Lipinski definition) is 4. The SMILES string of the molecule is CCOCN1C(=O)c2ccccc2S1(=O)=O. The van der Waals surface area contributed by atoms with Crippen LogP contribution in [0.5, 0.6) is 0 Å². The van der Waals surface area contributed by atoms with Gasteiger partial charge >= 0.3 is 0 Å². The van der Waals surface area contributed by atoms with Crippen LogP contribution in [0.15, 0.2) is 29.2 Å². The van der Waals surface area contributed by atoms with Gasteiger partial charge in [-0.2, -0.15) is 0 Å². The summed E-state index contributed by atoms with van der Waals surface area (Å²) in [5.41, 5.74) is 0.210. The maximum Gasteiger partial charge on any atom is 0.271 e. The molecule has 6 heteroatoms. The van der Waals surface area contributed by atoms with E-state index in [-0.39, 0.29) is 17.2 Å². The summed E-state index contributed by atoms with van der Waals surface area (Å²) in [6.45, 7) is 1.86. The number of rotatable bonds is 3. The second-order valence-corrected chi connectivity index (χ2v) is 5.11. The lowest BCUT2D eigenvalue weighted by Gasteiger charge is -2.13. The summed E-state index contributed by atoms with van der Waals surface area (Å²) in [4.78, 5) is 11.8. The normalized spacial score (nSPS) is 17.6. The molecule has 1 aromatic rings. The summed E-state index contributed by atoms with van der Waals surface area (Å²) < 4.78 is 29.6. The number of benzene rings is 1. The molecule has 1 aliphatic heterocycles. The Morgan fingerprint density at radius 2 is 2.00 bits per heavy atom. The standard InChI is InChI=1S/C10H11NO4S/c1-2-15-7-11-10(12)8-5-3-4-6-9(8)16(11,13)14/h3-6H,2,7H2,1H3. The molecular formula is C10H11NO4S. The van der Waals surface area contributed by atoms with Crippen LogP contribution in [0.4, 0.5) is 0 Å². The van der Waals surface area contributed by atoms with Gasteiger partial charge in [0.2, 0.25) is 0 Å². The minimum atomic E-state index is -3.71. The van der Waals surface area contributed by atoms with Crippen LogP contribution >= 0.6 is 0 Å². The Labute approximate surface area is 93.7 Å². The molecule has 16 heavy (non-hydrogen) atoms. The summed E-state index contributed by atoms with van der Waals surface area (Å²) in [6.07, 6.45) is 0. The van der Waals surface area contributed by atoms with Gasteiger partial charge in [0.15, 0.2) is 0 Å². The Morgan fingerprint density at radius 3 is 2.62 bits per heavy atom. The van der Waals surface area contributed by atoms with Crippen molar-refractivity contribution in [1.82, 2.24) is 4.31 Å². The lowest BCUT2D eigenvalue weighted by molar-refractivity contribution is 0.0574. The van der Waals surface area contributed by atoms with Crippen molar-refractivity contribution in [2.24, 2.45) is 0 Å². The van der Waals surface area contributed by atoms with E-state index in [1.807, 2.05) is 0 Å². The van der Waals surface area contributed by atoms with E-state index in [0.717, 1.165) is 4.31 Å². The number of sulfonamides is 1. The number of ether oxygens (including phenoxy) is 1. The van der Waals surface area contributed by atoms with Crippen LogP contribution in [0.25, 0.3) is 0 Å². The van der Waals surface area contributed by atoms with E-state index in [0.29, 0.717) is 6.61 Å². The summed E-state index contributed by atoms with van der Waals surface area (Å²) in [5, 5.41) is 0. The van der Waals surface area contributed by atoms with Gasteiger partial charge in [0, 0.05) is 6.61 Å². The first-order chi connectivity index (χ1) is 7.59. The largest absolute Gasteiger partial charge is 0.360 e. The predicted octanol–water partition coefficient (Wildman–Crippen LogP) is 0.825. The molecule has 5 nitrogen and oxygen atoms in total. The van der Waals surface area contributed by atoms with Gasteiger partial charge in [0.25, 0.3) is 15.9 Å². The van der Waals surface area contributed by atoms with Crippen LogP contribution < -0.4 is 0 Å². The Bertz CT molecular complexity index is 523. The highest BCUT2D eigenvalue weighted by molar-refractivity contribution is 7.90. The maximum absolute atomic E-state index is 11.9. The molecule has 0 saturated carbocycles. The lowest BCUT2D eigenvalue weighted by Crippen LogP contribution is -2.32. The van der Waals surface area contributed by atoms with Crippen LogP contribution in [0.3, 0.4) is 0 Å². The number of hydrogen-bond donors (Lipinski definition) is 0. The van der Waals surface area contributed by atoms with Gasteiger partial charge < -0.3 is 4.74 Å². The molecule has 1 aliphatic rings. The van der Waals surface area contributed by atoms with Crippen molar-refractivity contribution < 1.29 is 17.9 Å². The molecule has 0 unspecified atom stereocenters. The summed E-state index contributed by atoms with van der Waals surface area (Å²) in [6, 6.07) is 6.15. The number of nitrogens with zero attached hydrogens (tertiary/aromatic N) is 1. The second-order valence-electron chi connectivity index (χ2n) is 3.28. The molecule has 86 valence electrons. The third-order valence-electron chi connectivity index (χ3n) is 2.32. The zero-order valence-corrected chi connectivity index (χ0v) is 9.53. The monoisotopic (exact) mass is 241 g/mol. The summed E-state index contributed by atoms with van der Waals surface area (Å²) in [5.74, 6) is -0.524. The number of carbonyl (C=O) groups is 1. The molecule has 0 radical (unpaired) electrons. The van der Waals surface area contributed by atoms with Gasteiger partial charge in [-0.15, -0.1) is 0 Å². The first-order valence-electron chi connectivity index (χ1n) is 4.83. The first-order valence-corrected chi connectivity index (χ1v) is 6.27. The Balaban J connectivity index is 2.46. The Hall–Kier alpha value is -1.40. The topological polar surface area (TPSA) is 63.7 Å². The molecule has 0 aliphatic carbocycles. The van der Waals surface area contributed by atoms with E-state index < -0.39 is 15.9 Å². The quantitative estimate of drug-likeness (QED) is 0.786. The Kier molecular flexibility index (Phi) is 2.69. The molecule has 1 amide bonds. The highest BCUT2D eigenvalue weighted by atomic mass is 32.2. The fourth-order valence-electron chi connectivity index (χ4n) is 1.53. The third-order valence-corrected chi connectivity index (χ3v) is 4.09. The molecule has 2 rings (SSSR count). The number of carbonyl (C=O) groups excluding carboxylic acids is 1. The zero-order valence-electron chi connectivity index (χ0n) is 8.71. The van der Waals surface area contributed by atoms with Crippen molar-refractivity contribution in [2.75, 3.05) is 13.3 Å². The fraction of sp³-hybridized carbons (Fsp3) is 0.300. The van der Waals surface area contributed by atoms with Crippen molar-refractivity contribution in [1.29, 1.82) is 0 Å². The van der Waals surface area contributed by atoms with Crippen molar-refractivity contribution in [3.8, 4) is 0 Å². The minimum absolute atomic E-state index is 0.0553. The van der Waals surface area contributed by atoms with Gasteiger partial charge in [0.1, 0.15) is 11.6 Å². The van der Waals surface area contributed by atoms with Crippen molar-refractivity contribution in [2.45, 2.75) is 11.8 Å². The molecule has 1 aromatic carbocycles. The fourth-order valence-corrected chi connectivity index (χ4v) is 2.98. The molecule has 0 atom stereocenters. The van der Waals surface area contributed by atoms with E-state index in [2.05, 4.69) is 0 Å². The first kappa shape index (κ1) is 11.1. The summed E-state index contributed by atoms with van der Waals surface area (Å²) >= 11 is 0. The second kappa shape index (κ2) is 3.88. The van der Waals surface area contributed by atoms with Crippen molar-refractivity contribution in [3.05, 3.63) is 29.8 Å². The van der Waals surface area contributed by atoms with E-state index in [1.54, 1.807) is 19.1 Å². The molecule has 1 heterocycles. The van der Waals surface area contributed by atoms with Crippen molar-refractivity contribution in [3.63, 3.8) is 0 Å². The molecule has 0 aromatic heterocycles.